The lowest BCUT2D eigenvalue weighted by atomic mass is 9.69. The molecule has 1 N–H and O–H groups in total. The average molecular weight is 775 g/mol. The number of esters is 2. The third-order valence-corrected chi connectivity index (χ3v) is 13.3. The largest absolute Gasteiger partial charge is 0.463 e. The van der Waals surface area contributed by atoms with Crippen LogP contribution in [0.3, 0.4) is 0 Å². The second-order valence-corrected chi connectivity index (χ2v) is 18.6. The minimum absolute atomic E-state index is 0.0137. The maximum Gasteiger partial charge on any atom is 0.310 e. The SMILES string of the molecule is CCC(CC(CC(C)C1C=CC(OC(=O)C2CCCCC2)CC1)C1C=CC(O)CC1)C1C=CC(OC(C)OCCOC(=O)Cc2ccc(C(C)(C)C)cc2)CC1. The van der Waals surface area contributed by atoms with Crippen LogP contribution in [0.5, 0.6) is 0 Å². The van der Waals surface area contributed by atoms with E-state index in [-0.39, 0.29) is 60.9 Å². The summed E-state index contributed by atoms with van der Waals surface area (Å²) < 4.78 is 23.5. The minimum atomic E-state index is -0.390. The highest BCUT2D eigenvalue weighted by atomic mass is 16.7. The number of allylic oxidation sites excluding steroid dienone is 3. The molecule has 56 heavy (non-hydrogen) atoms. The predicted molar refractivity (Wildman–Crippen MR) is 224 cm³/mol. The van der Waals surface area contributed by atoms with Gasteiger partial charge >= 0.3 is 11.9 Å². The van der Waals surface area contributed by atoms with Crippen molar-refractivity contribution < 1.29 is 33.6 Å². The summed E-state index contributed by atoms with van der Waals surface area (Å²) in [6.07, 6.45) is 27.9. The Kier molecular flexibility index (Phi) is 17.3. The maximum absolute atomic E-state index is 12.8. The van der Waals surface area contributed by atoms with E-state index in [1.54, 1.807) is 0 Å². The van der Waals surface area contributed by atoms with Crippen molar-refractivity contribution in [1.82, 2.24) is 0 Å². The summed E-state index contributed by atoms with van der Waals surface area (Å²) in [7, 11) is 0. The van der Waals surface area contributed by atoms with E-state index in [4.69, 9.17) is 18.9 Å². The number of rotatable bonds is 18. The van der Waals surface area contributed by atoms with E-state index in [9.17, 15) is 14.7 Å². The first-order valence-corrected chi connectivity index (χ1v) is 22.3. The lowest BCUT2D eigenvalue weighted by molar-refractivity contribution is -0.166. The van der Waals surface area contributed by atoms with Crippen LogP contribution in [0.15, 0.2) is 60.7 Å². The van der Waals surface area contributed by atoms with Crippen molar-refractivity contribution in [3.63, 3.8) is 0 Å². The first kappa shape index (κ1) is 44.4. The van der Waals surface area contributed by atoms with Crippen molar-refractivity contribution in [3.05, 3.63) is 71.8 Å². The molecule has 10 atom stereocenters. The van der Waals surface area contributed by atoms with Crippen LogP contribution in [0.25, 0.3) is 0 Å². The standard InChI is InChI=1S/C49H74O7/c1-7-37(39-19-27-45(28-20-39)55-35(3)53-29-30-54-47(51)32-36-13-21-43(22-14-36)49(4,5)6)33-42(40-15-23-44(50)24-16-40)31-34(2)38-17-25-46(26-18-38)56-48(52)41-11-9-8-10-12-41/h13-15,17,19,21-23,25,27,34-35,37-42,44-46,50H,7-12,16,18,20,24,26,28-33H2,1-6H3. The zero-order chi connectivity index (χ0) is 40.1. The van der Waals surface area contributed by atoms with Crippen LogP contribution in [0.1, 0.15) is 143 Å². The normalized spacial score (nSPS) is 28.0. The van der Waals surface area contributed by atoms with Crippen LogP contribution in [-0.4, -0.2) is 54.9 Å². The van der Waals surface area contributed by atoms with Gasteiger partial charge in [0.05, 0.1) is 31.2 Å². The van der Waals surface area contributed by atoms with Gasteiger partial charge in [-0.15, -0.1) is 0 Å². The fourth-order valence-corrected chi connectivity index (χ4v) is 9.64. The van der Waals surface area contributed by atoms with Gasteiger partial charge in [-0.2, -0.15) is 0 Å². The van der Waals surface area contributed by atoms with E-state index in [2.05, 4.69) is 77.1 Å². The molecule has 0 radical (unpaired) electrons. The molecular formula is C49H74O7. The molecule has 7 nitrogen and oxygen atoms in total. The Morgan fingerprint density at radius 2 is 1.38 bits per heavy atom. The molecule has 0 amide bonds. The first-order chi connectivity index (χ1) is 26.9. The van der Waals surface area contributed by atoms with Crippen LogP contribution < -0.4 is 0 Å². The van der Waals surface area contributed by atoms with Gasteiger partial charge in [-0.1, -0.05) is 115 Å². The van der Waals surface area contributed by atoms with Crippen LogP contribution >= 0.6 is 0 Å². The summed E-state index contributed by atoms with van der Waals surface area (Å²) in [5.74, 6) is 3.08. The van der Waals surface area contributed by atoms with Gasteiger partial charge in [-0.05, 0) is 129 Å². The summed E-state index contributed by atoms with van der Waals surface area (Å²) >= 11 is 0. The Hall–Kier alpha value is -2.74. The van der Waals surface area contributed by atoms with Crippen LogP contribution in [-0.2, 0) is 40.4 Å². The zero-order valence-electron chi connectivity index (χ0n) is 35.5. The van der Waals surface area contributed by atoms with Gasteiger partial charge < -0.3 is 24.1 Å². The van der Waals surface area contributed by atoms with Crippen molar-refractivity contribution in [2.45, 2.75) is 168 Å². The summed E-state index contributed by atoms with van der Waals surface area (Å²) in [5.41, 5.74) is 2.27. The van der Waals surface area contributed by atoms with Gasteiger partial charge in [-0.3, -0.25) is 9.59 Å². The second-order valence-electron chi connectivity index (χ2n) is 18.6. The van der Waals surface area contributed by atoms with E-state index in [0.717, 1.165) is 76.2 Å². The lowest BCUT2D eigenvalue weighted by Crippen LogP contribution is -2.30. The third kappa shape index (κ3) is 14.0. The summed E-state index contributed by atoms with van der Waals surface area (Å²) in [5, 5.41) is 10.3. The fraction of sp³-hybridized carbons (Fsp3) is 0.714. The molecular weight excluding hydrogens is 701 g/mol. The van der Waals surface area contributed by atoms with Crippen LogP contribution in [0.4, 0.5) is 0 Å². The zero-order valence-corrected chi connectivity index (χ0v) is 35.5. The van der Waals surface area contributed by atoms with Gasteiger partial charge in [0.1, 0.15) is 12.7 Å². The molecule has 5 rings (SSSR count). The quantitative estimate of drug-likeness (QED) is 0.0687. The number of carbonyl (C=O) groups excluding carboxylic acids is 2. The molecule has 4 aliphatic carbocycles. The molecule has 1 aromatic carbocycles. The maximum atomic E-state index is 12.8. The Balaban J connectivity index is 1.05. The molecule has 1 saturated carbocycles. The van der Waals surface area contributed by atoms with Crippen LogP contribution in [0.2, 0.25) is 0 Å². The third-order valence-electron chi connectivity index (χ3n) is 13.3. The molecule has 0 aromatic heterocycles. The molecule has 0 bridgehead atoms. The second kappa shape index (κ2) is 21.9. The Labute approximate surface area is 339 Å². The predicted octanol–water partition coefficient (Wildman–Crippen LogP) is 10.6. The highest BCUT2D eigenvalue weighted by molar-refractivity contribution is 5.73. The van der Waals surface area contributed by atoms with Gasteiger partial charge in [0.15, 0.2) is 6.29 Å². The van der Waals surface area contributed by atoms with E-state index < -0.39 is 0 Å². The lowest BCUT2D eigenvalue weighted by Gasteiger charge is -2.37. The highest BCUT2D eigenvalue weighted by Crippen LogP contribution is 2.42. The van der Waals surface area contributed by atoms with E-state index in [1.807, 2.05) is 25.1 Å². The number of benzene rings is 1. The van der Waals surface area contributed by atoms with Crippen molar-refractivity contribution in [2.75, 3.05) is 13.2 Å². The Morgan fingerprint density at radius 3 is 2.00 bits per heavy atom. The van der Waals surface area contributed by atoms with Gasteiger partial charge in [-0.25, -0.2) is 0 Å². The fourth-order valence-electron chi connectivity index (χ4n) is 9.64. The van der Waals surface area contributed by atoms with Crippen molar-refractivity contribution in [1.29, 1.82) is 0 Å². The average Bonchev–Trinajstić information content (AvgIpc) is 3.19. The molecule has 10 unspecified atom stereocenters. The summed E-state index contributed by atoms with van der Waals surface area (Å²) in [6.45, 7) is 13.7. The smallest absolute Gasteiger partial charge is 0.310 e. The number of aliphatic hydroxyl groups excluding tert-OH is 1. The highest BCUT2D eigenvalue weighted by Gasteiger charge is 2.33. The Morgan fingerprint density at radius 1 is 0.732 bits per heavy atom. The van der Waals surface area contributed by atoms with Gasteiger partial charge in [0.25, 0.3) is 0 Å². The van der Waals surface area contributed by atoms with Crippen LogP contribution in [0, 0.1) is 41.4 Å². The molecule has 4 aliphatic rings. The number of ether oxygens (including phenoxy) is 4. The monoisotopic (exact) mass is 775 g/mol. The number of hydrogen-bond donors (Lipinski definition) is 1. The van der Waals surface area contributed by atoms with E-state index >= 15 is 0 Å². The molecule has 0 saturated heterocycles. The number of carbonyl (C=O) groups is 2. The molecule has 0 spiro atoms. The van der Waals surface area contributed by atoms with Gasteiger partial charge in [0.2, 0.25) is 0 Å². The minimum Gasteiger partial charge on any atom is -0.463 e. The molecule has 1 fully saturated rings. The van der Waals surface area contributed by atoms with Gasteiger partial charge in [0, 0.05) is 0 Å². The molecule has 7 heteroatoms. The number of aliphatic hydroxyl groups is 1. The Bertz CT molecular complexity index is 1430. The van der Waals surface area contributed by atoms with Crippen molar-refractivity contribution in [2.24, 2.45) is 41.4 Å². The van der Waals surface area contributed by atoms with Crippen molar-refractivity contribution in [3.8, 4) is 0 Å². The topological polar surface area (TPSA) is 91.3 Å². The van der Waals surface area contributed by atoms with E-state index in [1.165, 1.54) is 24.8 Å². The summed E-state index contributed by atoms with van der Waals surface area (Å²) in [6, 6.07) is 8.17. The number of hydrogen-bond acceptors (Lipinski definition) is 7. The van der Waals surface area contributed by atoms with Crippen molar-refractivity contribution >= 4 is 11.9 Å². The molecule has 1 aromatic rings. The molecule has 312 valence electrons. The first-order valence-electron chi connectivity index (χ1n) is 22.3. The van der Waals surface area contributed by atoms with E-state index in [0.29, 0.717) is 42.1 Å². The molecule has 0 aliphatic heterocycles. The summed E-state index contributed by atoms with van der Waals surface area (Å²) in [4.78, 5) is 25.2. The molecule has 0 heterocycles.